The molecule has 0 radical (unpaired) electrons. The molecule has 1 fully saturated rings. The van der Waals surface area contributed by atoms with E-state index in [0.29, 0.717) is 6.61 Å². The smallest absolute Gasteiger partial charge is 0.311 e. The third-order valence-electron chi connectivity index (χ3n) is 5.02. The molecule has 1 aliphatic carbocycles. The van der Waals surface area contributed by atoms with Crippen molar-refractivity contribution in [2.75, 3.05) is 6.61 Å². The Hall–Kier alpha value is -0.353. The Labute approximate surface area is 125 Å². The van der Waals surface area contributed by atoms with Crippen LogP contribution in [0.25, 0.3) is 0 Å². The number of carbonyl (C=O) groups is 1. The monoisotopic (exact) mass is 300 g/mol. The summed E-state index contributed by atoms with van der Waals surface area (Å²) >= 11 is 0. The van der Waals surface area contributed by atoms with Crippen LogP contribution in [0.5, 0.6) is 0 Å². The molecule has 0 bridgehead atoms. The molecular formula is C16H32O3Si. The number of hydrogen-bond donors (Lipinski definition) is 0. The van der Waals surface area contributed by atoms with E-state index in [0.717, 1.165) is 25.7 Å². The van der Waals surface area contributed by atoms with E-state index in [-0.39, 0.29) is 22.5 Å². The first-order valence-corrected chi connectivity index (χ1v) is 10.8. The molecule has 4 heteroatoms. The van der Waals surface area contributed by atoms with Gasteiger partial charge in [-0.05, 0) is 44.8 Å². The van der Waals surface area contributed by atoms with Crippen molar-refractivity contribution in [2.24, 2.45) is 5.92 Å². The van der Waals surface area contributed by atoms with E-state index in [4.69, 9.17) is 9.16 Å². The second kappa shape index (κ2) is 6.18. The van der Waals surface area contributed by atoms with Gasteiger partial charge in [0.25, 0.3) is 0 Å². The molecule has 118 valence electrons. The maximum Gasteiger partial charge on any atom is 0.311 e. The second-order valence-corrected chi connectivity index (χ2v) is 12.5. The second-order valence-electron chi connectivity index (χ2n) is 7.73. The lowest BCUT2D eigenvalue weighted by Gasteiger charge is -2.48. The molecule has 0 amide bonds. The summed E-state index contributed by atoms with van der Waals surface area (Å²) in [6.07, 6.45) is 4.09. The fourth-order valence-corrected chi connectivity index (χ4v) is 4.49. The Bertz CT molecular complexity index is 346. The summed E-state index contributed by atoms with van der Waals surface area (Å²) in [6, 6.07) is 0. The molecular weight excluding hydrogens is 268 g/mol. The minimum Gasteiger partial charge on any atom is -0.466 e. The Kier molecular flexibility index (Phi) is 5.47. The summed E-state index contributed by atoms with van der Waals surface area (Å²) in [5, 5.41) is 0.159. The standard InChI is InChI=1S/C16H32O3Si/c1-8-18-14(17)13-11-9-10-12-16(13,5)19-20(6,7)15(2,3)4/h13H,8-12H2,1-7H3. The molecule has 0 aliphatic heterocycles. The Balaban J connectivity index is 2.94. The number of ether oxygens (including phenoxy) is 1. The summed E-state index contributed by atoms with van der Waals surface area (Å²) in [7, 11) is -1.88. The zero-order chi connectivity index (χ0) is 15.6. The van der Waals surface area contributed by atoms with Gasteiger partial charge in [-0.1, -0.05) is 33.6 Å². The number of hydrogen-bond acceptors (Lipinski definition) is 3. The van der Waals surface area contributed by atoms with E-state index < -0.39 is 8.32 Å². The SMILES string of the molecule is CCOC(=O)C1CCCCC1(C)O[Si](C)(C)C(C)(C)C. The van der Waals surface area contributed by atoms with Gasteiger partial charge in [0.2, 0.25) is 0 Å². The topological polar surface area (TPSA) is 35.5 Å². The van der Waals surface area contributed by atoms with Crippen LogP contribution in [0, 0.1) is 5.92 Å². The lowest BCUT2D eigenvalue weighted by molar-refractivity contribution is -0.159. The molecule has 0 N–H and O–H groups in total. The van der Waals surface area contributed by atoms with E-state index >= 15 is 0 Å². The number of esters is 1. The molecule has 0 aromatic rings. The highest BCUT2D eigenvalue weighted by Gasteiger charge is 2.49. The summed E-state index contributed by atoms with van der Waals surface area (Å²) in [5.41, 5.74) is -0.354. The van der Waals surface area contributed by atoms with E-state index in [9.17, 15) is 4.79 Å². The average Bonchev–Trinajstić information content (AvgIpc) is 2.26. The predicted octanol–water partition coefficient (Wildman–Crippen LogP) is 4.52. The molecule has 0 heterocycles. The van der Waals surface area contributed by atoms with Gasteiger partial charge in [-0.2, -0.15) is 0 Å². The number of rotatable bonds is 4. The van der Waals surface area contributed by atoms with Gasteiger partial charge in [-0.25, -0.2) is 0 Å². The van der Waals surface area contributed by atoms with Crippen molar-refractivity contribution in [1.82, 2.24) is 0 Å². The highest BCUT2D eigenvalue weighted by molar-refractivity contribution is 6.74. The molecule has 2 atom stereocenters. The van der Waals surface area contributed by atoms with E-state index in [2.05, 4.69) is 40.8 Å². The minimum atomic E-state index is -1.88. The van der Waals surface area contributed by atoms with Crippen LogP contribution >= 0.6 is 0 Å². The van der Waals surface area contributed by atoms with Crippen LogP contribution < -0.4 is 0 Å². The zero-order valence-corrected chi connectivity index (χ0v) is 15.3. The van der Waals surface area contributed by atoms with Crippen LogP contribution in [-0.4, -0.2) is 26.5 Å². The fraction of sp³-hybridized carbons (Fsp3) is 0.938. The van der Waals surface area contributed by atoms with Gasteiger partial charge in [0, 0.05) is 0 Å². The van der Waals surface area contributed by atoms with Crippen molar-refractivity contribution in [3.8, 4) is 0 Å². The van der Waals surface area contributed by atoms with Crippen LogP contribution in [0.3, 0.4) is 0 Å². The first-order chi connectivity index (χ1) is 9.03. The van der Waals surface area contributed by atoms with Gasteiger partial charge in [0.1, 0.15) is 0 Å². The van der Waals surface area contributed by atoms with Gasteiger partial charge in [-0.15, -0.1) is 0 Å². The summed E-state index contributed by atoms with van der Waals surface area (Å²) in [5.74, 6) is -0.182. The Morgan fingerprint density at radius 1 is 1.30 bits per heavy atom. The van der Waals surface area contributed by atoms with Crippen molar-refractivity contribution >= 4 is 14.3 Å². The normalized spacial score (nSPS) is 28.2. The molecule has 20 heavy (non-hydrogen) atoms. The molecule has 0 saturated heterocycles. The first-order valence-electron chi connectivity index (χ1n) is 7.90. The molecule has 0 spiro atoms. The molecule has 1 saturated carbocycles. The van der Waals surface area contributed by atoms with Crippen molar-refractivity contribution in [1.29, 1.82) is 0 Å². The van der Waals surface area contributed by atoms with Gasteiger partial charge >= 0.3 is 5.97 Å². The quantitative estimate of drug-likeness (QED) is 0.565. The van der Waals surface area contributed by atoms with E-state index in [1.54, 1.807) is 0 Å². The third-order valence-corrected chi connectivity index (χ3v) is 9.61. The molecule has 1 rings (SSSR count). The first kappa shape index (κ1) is 17.7. The zero-order valence-electron chi connectivity index (χ0n) is 14.3. The Morgan fingerprint density at radius 3 is 2.40 bits per heavy atom. The highest BCUT2D eigenvalue weighted by atomic mass is 28.4. The predicted molar refractivity (Wildman–Crippen MR) is 85.3 cm³/mol. The molecule has 2 unspecified atom stereocenters. The average molecular weight is 301 g/mol. The molecule has 0 aromatic carbocycles. The highest BCUT2D eigenvalue weighted by Crippen LogP contribution is 2.45. The van der Waals surface area contributed by atoms with Gasteiger partial charge < -0.3 is 9.16 Å². The van der Waals surface area contributed by atoms with Gasteiger partial charge in [0.05, 0.1) is 18.1 Å². The van der Waals surface area contributed by atoms with Crippen LogP contribution in [-0.2, 0) is 14.0 Å². The lowest BCUT2D eigenvalue weighted by Crippen LogP contribution is -2.54. The largest absolute Gasteiger partial charge is 0.466 e. The number of carbonyl (C=O) groups excluding carboxylic acids is 1. The van der Waals surface area contributed by atoms with Crippen LogP contribution in [0.2, 0.25) is 18.1 Å². The van der Waals surface area contributed by atoms with Crippen molar-refractivity contribution in [2.45, 2.75) is 84.0 Å². The third kappa shape index (κ3) is 3.85. The fourth-order valence-electron chi connectivity index (χ4n) is 2.77. The Morgan fingerprint density at radius 2 is 1.90 bits per heavy atom. The maximum absolute atomic E-state index is 12.3. The van der Waals surface area contributed by atoms with Crippen LogP contribution in [0.1, 0.15) is 60.3 Å². The van der Waals surface area contributed by atoms with Crippen molar-refractivity contribution in [3.05, 3.63) is 0 Å². The minimum absolute atomic E-state index is 0.0755. The molecule has 0 aromatic heterocycles. The van der Waals surface area contributed by atoms with E-state index in [1.165, 1.54) is 0 Å². The van der Waals surface area contributed by atoms with Crippen molar-refractivity contribution < 1.29 is 14.0 Å². The van der Waals surface area contributed by atoms with Gasteiger partial charge in [0.15, 0.2) is 8.32 Å². The maximum atomic E-state index is 12.3. The van der Waals surface area contributed by atoms with Crippen LogP contribution in [0.4, 0.5) is 0 Å². The van der Waals surface area contributed by atoms with Crippen LogP contribution in [0.15, 0.2) is 0 Å². The molecule has 3 nitrogen and oxygen atoms in total. The van der Waals surface area contributed by atoms with E-state index in [1.807, 2.05) is 6.92 Å². The van der Waals surface area contributed by atoms with Crippen molar-refractivity contribution in [3.63, 3.8) is 0 Å². The summed E-state index contributed by atoms with van der Waals surface area (Å²) in [6.45, 7) is 15.7. The lowest BCUT2D eigenvalue weighted by atomic mass is 9.76. The summed E-state index contributed by atoms with van der Waals surface area (Å²) < 4.78 is 11.9. The van der Waals surface area contributed by atoms with Gasteiger partial charge in [-0.3, -0.25) is 4.79 Å². The summed E-state index contributed by atoms with van der Waals surface area (Å²) in [4.78, 5) is 12.3. The molecule has 1 aliphatic rings.